The molecule has 26 heavy (non-hydrogen) atoms. The summed E-state index contributed by atoms with van der Waals surface area (Å²) in [6, 6.07) is 15.6. The molecule has 4 nitrogen and oxygen atoms in total. The van der Waals surface area contributed by atoms with Gasteiger partial charge in [0, 0.05) is 0 Å². The summed E-state index contributed by atoms with van der Waals surface area (Å²) >= 11 is 0. The molecule has 2 aromatic carbocycles. The number of rotatable bonds is 7. The maximum atomic E-state index is 12.4. The van der Waals surface area contributed by atoms with Crippen molar-refractivity contribution >= 4 is 5.91 Å². The molecule has 1 aliphatic rings. The molecule has 138 valence electrons. The molecule has 2 atom stereocenters. The SMILES string of the molecule is C[C@H](COc1ccccc1)NC(=O)[C@@H](C)Oc1cccc2c1CCCC2. The number of amides is 1. The smallest absolute Gasteiger partial charge is 0.261 e. The molecule has 0 unspecified atom stereocenters. The van der Waals surface area contributed by atoms with Crippen LogP contribution in [0.3, 0.4) is 0 Å². The highest BCUT2D eigenvalue weighted by Crippen LogP contribution is 2.30. The number of carbonyl (C=O) groups is 1. The van der Waals surface area contributed by atoms with E-state index in [1.54, 1.807) is 6.92 Å². The lowest BCUT2D eigenvalue weighted by atomic mass is 9.91. The van der Waals surface area contributed by atoms with E-state index in [0.717, 1.165) is 24.3 Å². The first-order valence-electron chi connectivity index (χ1n) is 9.39. The molecule has 0 radical (unpaired) electrons. The molecule has 4 heteroatoms. The van der Waals surface area contributed by atoms with Crippen LogP contribution in [0.15, 0.2) is 48.5 Å². The molecule has 0 saturated heterocycles. The van der Waals surface area contributed by atoms with E-state index in [1.807, 2.05) is 49.4 Å². The van der Waals surface area contributed by atoms with Gasteiger partial charge in [-0.3, -0.25) is 4.79 Å². The second-order valence-electron chi connectivity index (χ2n) is 6.89. The van der Waals surface area contributed by atoms with E-state index in [-0.39, 0.29) is 11.9 Å². The van der Waals surface area contributed by atoms with Gasteiger partial charge in [0.05, 0.1) is 6.04 Å². The number of hydrogen-bond donors (Lipinski definition) is 1. The van der Waals surface area contributed by atoms with E-state index >= 15 is 0 Å². The Bertz CT molecular complexity index is 729. The number of nitrogens with one attached hydrogen (secondary N) is 1. The summed E-state index contributed by atoms with van der Waals surface area (Å²) < 4.78 is 11.7. The van der Waals surface area contributed by atoms with Crippen molar-refractivity contribution in [1.29, 1.82) is 0 Å². The fourth-order valence-corrected chi connectivity index (χ4v) is 3.24. The molecule has 0 fully saturated rings. The monoisotopic (exact) mass is 353 g/mol. The zero-order chi connectivity index (χ0) is 18.4. The molecule has 0 bridgehead atoms. The van der Waals surface area contributed by atoms with Crippen LogP contribution in [-0.4, -0.2) is 24.7 Å². The average Bonchev–Trinajstić information content (AvgIpc) is 2.67. The number of ether oxygens (including phenoxy) is 2. The highest BCUT2D eigenvalue weighted by atomic mass is 16.5. The molecule has 3 rings (SSSR count). The Labute approximate surface area is 155 Å². The van der Waals surface area contributed by atoms with Crippen LogP contribution in [0, 0.1) is 0 Å². The minimum atomic E-state index is -0.539. The van der Waals surface area contributed by atoms with Crippen molar-refractivity contribution in [3.05, 3.63) is 59.7 Å². The maximum Gasteiger partial charge on any atom is 0.261 e. The van der Waals surface area contributed by atoms with E-state index in [9.17, 15) is 4.79 Å². The van der Waals surface area contributed by atoms with Gasteiger partial charge in [-0.15, -0.1) is 0 Å². The summed E-state index contributed by atoms with van der Waals surface area (Å²) in [4.78, 5) is 12.4. The fraction of sp³-hybridized carbons (Fsp3) is 0.409. The summed E-state index contributed by atoms with van der Waals surface area (Å²) in [6.45, 7) is 4.14. The Balaban J connectivity index is 1.51. The van der Waals surface area contributed by atoms with Crippen molar-refractivity contribution in [2.24, 2.45) is 0 Å². The second kappa shape index (κ2) is 8.75. The number of fused-ring (bicyclic) bond motifs is 1. The predicted molar refractivity (Wildman–Crippen MR) is 103 cm³/mol. The standard InChI is InChI=1S/C22H27NO3/c1-16(15-25-19-11-4-3-5-12-19)23-22(24)17(2)26-21-14-8-10-18-9-6-7-13-20(18)21/h3-5,8,10-12,14,16-17H,6-7,9,13,15H2,1-2H3,(H,23,24)/t16-,17-/m1/s1. The quantitative estimate of drug-likeness (QED) is 0.821. The minimum Gasteiger partial charge on any atom is -0.491 e. The molecule has 1 N–H and O–H groups in total. The largest absolute Gasteiger partial charge is 0.491 e. The number of aryl methyl sites for hydroxylation is 1. The Morgan fingerprint density at radius 2 is 1.81 bits per heavy atom. The molecule has 0 heterocycles. The number of benzene rings is 2. The van der Waals surface area contributed by atoms with Gasteiger partial charge in [-0.25, -0.2) is 0 Å². The van der Waals surface area contributed by atoms with Gasteiger partial charge < -0.3 is 14.8 Å². The Kier molecular flexibility index (Phi) is 6.16. The third-order valence-corrected chi connectivity index (χ3v) is 4.66. The zero-order valence-corrected chi connectivity index (χ0v) is 15.5. The fourth-order valence-electron chi connectivity index (χ4n) is 3.24. The van der Waals surface area contributed by atoms with Gasteiger partial charge >= 0.3 is 0 Å². The summed E-state index contributed by atoms with van der Waals surface area (Å²) in [7, 11) is 0. The van der Waals surface area contributed by atoms with Crippen molar-refractivity contribution < 1.29 is 14.3 Å². The minimum absolute atomic E-state index is 0.0987. The van der Waals surface area contributed by atoms with E-state index in [1.165, 1.54) is 24.0 Å². The van der Waals surface area contributed by atoms with Crippen LogP contribution < -0.4 is 14.8 Å². The van der Waals surface area contributed by atoms with Gasteiger partial charge in [-0.2, -0.15) is 0 Å². The van der Waals surface area contributed by atoms with Crippen molar-refractivity contribution in [3.8, 4) is 11.5 Å². The third kappa shape index (κ3) is 4.78. The van der Waals surface area contributed by atoms with Crippen molar-refractivity contribution in [2.75, 3.05) is 6.61 Å². The lowest BCUT2D eigenvalue weighted by Gasteiger charge is -2.23. The highest BCUT2D eigenvalue weighted by molar-refractivity contribution is 5.81. The first-order valence-corrected chi connectivity index (χ1v) is 9.39. The predicted octanol–water partition coefficient (Wildman–Crippen LogP) is 3.92. The number of para-hydroxylation sites is 1. The molecule has 0 aromatic heterocycles. The van der Waals surface area contributed by atoms with E-state index < -0.39 is 6.10 Å². The highest BCUT2D eigenvalue weighted by Gasteiger charge is 2.20. The van der Waals surface area contributed by atoms with Gasteiger partial charge in [0.2, 0.25) is 0 Å². The Hall–Kier alpha value is -2.49. The van der Waals surface area contributed by atoms with E-state index in [2.05, 4.69) is 11.4 Å². The van der Waals surface area contributed by atoms with Gasteiger partial charge in [-0.1, -0.05) is 30.3 Å². The van der Waals surface area contributed by atoms with Gasteiger partial charge in [0.1, 0.15) is 18.1 Å². The number of carbonyl (C=O) groups excluding carboxylic acids is 1. The molecule has 2 aromatic rings. The lowest BCUT2D eigenvalue weighted by molar-refractivity contribution is -0.128. The lowest BCUT2D eigenvalue weighted by Crippen LogP contribution is -2.43. The first kappa shape index (κ1) is 18.3. The summed E-state index contributed by atoms with van der Waals surface area (Å²) in [5.74, 6) is 1.52. The molecular weight excluding hydrogens is 326 g/mol. The van der Waals surface area contributed by atoms with Crippen LogP contribution in [0.1, 0.15) is 37.8 Å². The van der Waals surface area contributed by atoms with Crippen LogP contribution in [0.2, 0.25) is 0 Å². The van der Waals surface area contributed by atoms with Crippen LogP contribution >= 0.6 is 0 Å². The van der Waals surface area contributed by atoms with Crippen molar-refractivity contribution in [3.63, 3.8) is 0 Å². The topological polar surface area (TPSA) is 47.6 Å². The van der Waals surface area contributed by atoms with Crippen LogP contribution in [0.4, 0.5) is 0 Å². The van der Waals surface area contributed by atoms with Gasteiger partial charge in [0.25, 0.3) is 5.91 Å². The third-order valence-electron chi connectivity index (χ3n) is 4.66. The van der Waals surface area contributed by atoms with Crippen molar-refractivity contribution in [2.45, 2.75) is 51.7 Å². The molecule has 1 aliphatic carbocycles. The molecule has 0 spiro atoms. The summed E-state index contributed by atoms with van der Waals surface area (Å²) in [5, 5.41) is 2.96. The van der Waals surface area contributed by atoms with E-state index in [0.29, 0.717) is 6.61 Å². The molecular formula is C22H27NO3. The van der Waals surface area contributed by atoms with E-state index in [4.69, 9.17) is 9.47 Å². The van der Waals surface area contributed by atoms with Gasteiger partial charge in [0.15, 0.2) is 6.10 Å². The first-order chi connectivity index (χ1) is 12.6. The van der Waals surface area contributed by atoms with Crippen LogP contribution in [0.5, 0.6) is 11.5 Å². The molecule has 1 amide bonds. The van der Waals surface area contributed by atoms with Gasteiger partial charge in [-0.05, 0) is 68.9 Å². The average molecular weight is 353 g/mol. The normalized spacial score (nSPS) is 15.5. The van der Waals surface area contributed by atoms with Crippen LogP contribution in [-0.2, 0) is 17.6 Å². The summed E-state index contributed by atoms with van der Waals surface area (Å²) in [5.41, 5.74) is 2.62. The number of hydrogen-bond acceptors (Lipinski definition) is 3. The molecule has 0 saturated carbocycles. The van der Waals surface area contributed by atoms with Crippen molar-refractivity contribution in [1.82, 2.24) is 5.32 Å². The Morgan fingerprint density at radius 1 is 1.04 bits per heavy atom. The zero-order valence-electron chi connectivity index (χ0n) is 15.5. The maximum absolute atomic E-state index is 12.4. The Morgan fingerprint density at radius 3 is 2.62 bits per heavy atom. The molecule has 0 aliphatic heterocycles. The summed E-state index contributed by atoms with van der Waals surface area (Å²) in [6.07, 6.45) is 4.00. The van der Waals surface area contributed by atoms with Crippen LogP contribution in [0.25, 0.3) is 0 Å². The second-order valence-corrected chi connectivity index (χ2v) is 6.89.